The summed E-state index contributed by atoms with van der Waals surface area (Å²) < 4.78 is 39.8. The highest BCUT2D eigenvalue weighted by atomic mass is 19.4. The molecule has 0 bridgehead atoms. The van der Waals surface area contributed by atoms with Gasteiger partial charge in [0.05, 0.1) is 6.61 Å². The fourth-order valence-electron chi connectivity index (χ4n) is 3.41. The van der Waals surface area contributed by atoms with Crippen LogP contribution >= 0.6 is 0 Å². The summed E-state index contributed by atoms with van der Waals surface area (Å²) in [4.78, 5) is 3.38. The molecule has 0 aliphatic carbocycles. The number of hydrogen-bond acceptors (Lipinski definition) is 5. The highest BCUT2D eigenvalue weighted by Gasteiger charge is 2.29. The van der Waals surface area contributed by atoms with E-state index in [9.17, 15) is 13.2 Å². The van der Waals surface area contributed by atoms with Gasteiger partial charge in [-0.3, -0.25) is 0 Å². The summed E-state index contributed by atoms with van der Waals surface area (Å²) in [5.74, 6) is 0.900. The second-order valence-electron chi connectivity index (χ2n) is 7.96. The fourth-order valence-corrected chi connectivity index (χ4v) is 3.41. The molecule has 0 fully saturated rings. The lowest BCUT2D eigenvalue weighted by Gasteiger charge is -2.09. The molecule has 0 aliphatic rings. The third-order valence-corrected chi connectivity index (χ3v) is 5.11. The van der Waals surface area contributed by atoms with E-state index in [4.69, 9.17) is 16.2 Å². The quantitative estimate of drug-likeness (QED) is 0.242. The smallest absolute Gasteiger partial charge is 0.494 e. The van der Waals surface area contributed by atoms with Crippen LogP contribution in [0.15, 0.2) is 97.1 Å². The SMILES string of the molecule is CC(N)c1cccc2ccccc12.CCOc1ccccc1CN.FC(F)(F)ONCc1ccccc1. The van der Waals surface area contributed by atoms with Gasteiger partial charge < -0.3 is 16.2 Å². The van der Waals surface area contributed by atoms with Crippen molar-refractivity contribution in [1.82, 2.24) is 5.48 Å². The predicted molar refractivity (Wildman–Crippen MR) is 142 cm³/mol. The predicted octanol–water partition coefficient (Wildman–Crippen LogP) is 6.63. The molecule has 0 aromatic heterocycles. The summed E-state index contributed by atoms with van der Waals surface area (Å²) in [6.07, 6.45) is -4.63. The van der Waals surface area contributed by atoms with Crippen molar-refractivity contribution >= 4 is 10.8 Å². The Hall–Kier alpha value is -3.43. The van der Waals surface area contributed by atoms with Crippen molar-refractivity contribution in [1.29, 1.82) is 0 Å². The number of nitrogens with two attached hydrogens (primary N) is 2. The van der Waals surface area contributed by atoms with Crippen LogP contribution in [0.5, 0.6) is 5.75 Å². The normalized spacial score (nSPS) is 11.5. The summed E-state index contributed by atoms with van der Waals surface area (Å²) in [5.41, 5.74) is 16.2. The summed E-state index contributed by atoms with van der Waals surface area (Å²) in [6, 6.07) is 31.2. The third kappa shape index (κ3) is 11.0. The molecule has 4 rings (SSSR count). The molecule has 1 unspecified atom stereocenters. The zero-order chi connectivity index (χ0) is 27.1. The molecule has 0 saturated carbocycles. The number of fused-ring (bicyclic) bond motifs is 1. The number of para-hydroxylation sites is 1. The van der Waals surface area contributed by atoms with Crippen molar-refractivity contribution in [2.75, 3.05) is 6.61 Å². The fraction of sp³-hybridized carbons (Fsp3) is 0.241. The number of halogens is 3. The van der Waals surface area contributed by atoms with Crippen LogP contribution < -0.4 is 21.7 Å². The zero-order valence-corrected chi connectivity index (χ0v) is 21.0. The van der Waals surface area contributed by atoms with Crippen LogP contribution in [0.2, 0.25) is 0 Å². The van der Waals surface area contributed by atoms with Gasteiger partial charge in [-0.2, -0.15) is 5.48 Å². The van der Waals surface area contributed by atoms with Crippen LogP contribution in [-0.2, 0) is 17.9 Å². The lowest BCUT2D eigenvalue weighted by Crippen LogP contribution is -2.25. The van der Waals surface area contributed by atoms with E-state index in [-0.39, 0.29) is 12.6 Å². The molecule has 0 saturated heterocycles. The van der Waals surface area contributed by atoms with Crippen LogP contribution in [0.3, 0.4) is 0 Å². The zero-order valence-electron chi connectivity index (χ0n) is 21.0. The van der Waals surface area contributed by atoms with Gasteiger partial charge in [-0.1, -0.05) is 91.0 Å². The minimum Gasteiger partial charge on any atom is -0.494 e. The van der Waals surface area contributed by atoms with Gasteiger partial charge in [0.1, 0.15) is 5.75 Å². The van der Waals surface area contributed by atoms with E-state index in [0.29, 0.717) is 13.2 Å². The molecule has 0 spiro atoms. The first-order chi connectivity index (χ1) is 17.7. The summed E-state index contributed by atoms with van der Waals surface area (Å²) in [5, 5.41) is 2.53. The highest BCUT2D eigenvalue weighted by Crippen LogP contribution is 2.22. The molecule has 198 valence electrons. The van der Waals surface area contributed by atoms with Crippen molar-refractivity contribution in [2.45, 2.75) is 39.3 Å². The van der Waals surface area contributed by atoms with Crippen LogP contribution in [0, 0.1) is 0 Å². The van der Waals surface area contributed by atoms with Gasteiger partial charge in [-0.15, -0.1) is 13.2 Å². The average molecular weight is 514 g/mol. The van der Waals surface area contributed by atoms with Gasteiger partial charge in [0.2, 0.25) is 0 Å². The Bertz CT molecular complexity index is 1180. The standard InChI is InChI=1S/C12H13N.C9H13NO.C8H8F3NO/c1-9(13)11-8-4-6-10-5-2-3-7-12(10)11;1-2-11-9-6-4-3-5-8(9)7-10;9-8(10,11)13-12-6-7-4-2-1-3-5-7/h2-9H,13H2,1H3;3-6H,2,7,10H2,1H3;1-5,12H,6H2. The molecule has 5 N–H and O–H groups in total. The Morgan fingerprint density at radius 2 is 1.46 bits per heavy atom. The number of alkyl halides is 3. The molecule has 0 aliphatic heterocycles. The molecule has 4 aromatic rings. The van der Waals surface area contributed by atoms with Gasteiger partial charge in [-0.25, -0.2) is 4.84 Å². The van der Waals surface area contributed by atoms with E-state index in [1.807, 2.05) is 55.7 Å². The van der Waals surface area contributed by atoms with Crippen molar-refractivity contribution in [3.05, 3.63) is 114 Å². The van der Waals surface area contributed by atoms with Crippen molar-refractivity contribution < 1.29 is 22.7 Å². The molecule has 5 nitrogen and oxygen atoms in total. The molecule has 4 aromatic carbocycles. The van der Waals surface area contributed by atoms with Crippen LogP contribution in [0.25, 0.3) is 10.8 Å². The molecule has 0 amide bonds. The molecular formula is C29H34F3N3O2. The average Bonchev–Trinajstić information content (AvgIpc) is 2.89. The van der Waals surface area contributed by atoms with Gasteiger partial charge in [0, 0.05) is 24.7 Å². The molecule has 37 heavy (non-hydrogen) atoms. The maximum absolute atomic E-state index is 11.5. The summed E-state index contributed by atoms with van der Waals surface area (Å²) in [6.45, 7) is 5.24. The van der Waals surface area contributed by atoms with E-state index in [0.717, 1.165) is 16.9 Å². The van der Waals surface area contributed by atoms with E-state index >= 15 is 0 Å². The first-order valence-corrected chi connectivity index (χ1v) is 11.9. The van der Waals surface area contributed by atoms with Crippen LogP contribution in [0.1, 0.15) is 36.6 Å². The second kappa shape index (κ2) is 15.6. The maximum Gasteiger partial charge on any atom is 0.538 e. The van der Waals surface area contributed by atoms with E-state index in [1.54, 1.807) is 30.3 Å². The lowest BCUT2D eigenvalue weighted by molar-refractivity contribution is -0.351. The van der Waals surface area contributed by atoms with Gasteiger partial charge >= 0.3 is 6.36 Å². The summed E-state index contributed by atoms with van der Waals surface area (Å²) in [7, 11) is 0. The maximum atomic E-state index is 11.5. The van der Waals surface area contributed by atoms with Crippen LogP contribution in [0.4, 0.5) is 13.2 Å². The lowest BCUT2D eigenvalue weighted by atomic mass is 10.0. The summed E-state index contributed by atoms with van der Waals surface area (Å²) >= 11 is 0. The van der Waals surface area contributed by atoms with Crippen molar-refractivity contribution in [3.63, 3.8) is 0 Å². The van der Waals surface area contributed by atoms with E-state index < -0.39 is 6.36 Å². The number of benzene rings is 4. The Kier molecular flexibility index (Phi) is 12.6. The van der Waals surface area contributed by atoms with Gasteiger partial charge in [0.25, 0.3) is 0 Å². The molecule has 0 heterocycles. The van der Waals surface area contributed by atoms with E-state index in [2.05, 4.69) is 35.2 Å². The molecular weight excluding hydrogens is 479 g/mol. The number of ether oxygens (including phenoxy) is 1. The Morgan fingerprint density at radius 1 is 0.838 bits per heavy atom. The first-order valence-electron chi connectivity index (χ1n) is 11.9. The van der Waals surface area contributed by atoms with Crippen LogP contribution in [-0.4, -0.2) is 13.0 Å². The second-order valence-corrected chi connectivity index (χ2v) is 7.96. The van der Waals surface area contributed by atoms with Gasteiger partial charge in [0.15, 0.2) is 0 Å². The molecule has 0 radical (unpaired) electrons. The molecule has 8 heteroatoms. The Labute approximate surface area is 216 Å². The largest absolute Gasteiger partial charge is 0.538 e. The highest BCUT2D eigenvalue weighted by molar-refractivity contribution is 5.86. The molecule has 1 atom stereocenters. The first kappa shape index (κ1) is 29.8. The third-order valence-electron chi connectivity index (χ3n) is 5.11. The Morgan fingerprint density at radius 3 is 2.11 bits per heavy atom. The monoisotopic (exact) mass is 513 g/mol. The number of hydroxylamine groups is 1. The van der Waals surface area contributed by atoms with Crippen molar-refractivity contribution in [2.24, 2.45) is 11.5 Å². The number of rotatable bonds is 7. The van der Waals surface area contributed by atoms with Crippen molar-refractivity contribution in [3.8, 4) is 5.75 Å². The minimum atomic E-state index is -4.63. The minimum absolute atomic E-state index is 0.0281. The Balaban J connectivity index is 0.000000196. The number of nitrogens with one attached hydrogen (secondary N) is 1. The topological polar surface area (TPSA) is 82.5 Å². The number of hydrogen-bond donors (Lipinski definition) is 3. The van der Waals surface area contributed by atoms with Gasteiger partial charge in [-0.05, 0) is 41.8 Å². The van der Waals surface area contributed by atoms with E-state index in [1.165, 1.54) is 16.3 Å².